The normalized spacial score (nSPS) is 13.9. The van der Waals surface area contributed by atoms with Crippen LogP contribution in [-0.2, 0) is 17.8 Å². The zero-order valence-corrected chi connectivity index (χ0v) is 13.0. The highest BCUT2D eigenvalue weighted by atomic mass is 16.5. The molecule has 0 fully saturated rings. The van der Waals surface area contributed by atoms with Crippen molar-refractivity contribution in [3.8, 4) is 5.75 Å². The van der Waals surface area contributed by atoms with E-state index in [1.807, 2.05) is 24.7 Å². The molecule has 1 aromatic carbocycles. The number of fused-ring (bicyclic) bond motifs is 1. The van der Waals surface area contributed by atoms with Crippen molar-refractivity contribution < 1.29 is 9.53 Å². The van der Waals surface area contributed by atoms with E-state index < -0.39 is 0 Å². The number of aryl methyl sites for hydroxylation is 1. The van der Waals surface area contributed by atoms with Crippen LogP contribution in [0.15, 0.2) is 42.5 Å². The zero-order chi connectivity index (χ0) is 15.5. The summed E-state index contributed by atoms with van der Waals surface area (Å²) in [5.74, 6) is 0.435. The molecule has 4 heteroatoms. The van der Waals surface area contributed by atoms with Crippen molar-refractivity contribution in [1.82, 2.24) is 9.55 Å². The Labute approximate surface area is 130 Å². The number of imidazole rings is 1. The van der Waals surface area contributed by atoms with Gasteiger partial charge >= 0.3 is 5.97 Å². The van der Waals surface area contributed by atoms with Crippen molar-refractivity contribution in [3.05, 3.63) is 53.6 Å². The minimum Gasteiger partial charge on any atom is -0.427 e. The average Bonchev–Trinajstić information content (AvgIpc) is 3.03. The Bertz CT molecular complexity index is 715. The van der Waals surface area contributed by atoms with E-state index in [0.717, 1.165) is 19.4 Å². The monoisotopic (exact) mass is 296 g/mol. The summed E-state index contributed by atoms with van der Waals surface area (Å²) >= 11 is 0. The first-order chi connectivity index (χ1) is 10.7. The van der Waals surface area contributed by atoms with Gasteiger partial charge in [0.2, 0.25) is 0 Å². The average molecular weight is 296 g/mol. The number of carbonyl (C=O) groups is 1. The number of ether oxygens (including phenoxy) is 1. The second-order valence-corrected chi connectivity index (χ2v) is 5.61. The summed E-state index contributed by atoms with van der Waals surface area (Å²) in [5.41, 5.74) is 5.21. The van der Waals surface area contributed by atoms with Crippen LogP contribution in [0.5, 0.6) is 5.75 Å². The summed E-state index contributed by atoms with van der Waals surface area (Å²) in [7, 11) is 0. The number of rotatable bonds is 4. The smallest absolute Gasteiger partial charge is 0.310 e. The van der Waals surface area contributed by atoms with E-state index >= 15 is 0 Å². The summed E-state index contributed by atoms with van der Waals surface area (Å²) in [4.78, 5) is 15.6. The number of carbonyl (C=O) groups excluding carboxylic acids is 1. The maximum absolute atomic E-state index is 11.5. The molecule has 1 aliphatic carbocycles. The quantitative estimate of drug-likeness (QED) is 0.639. The van der Waals surface area contributed by atoms with E-state index in [9.17, 15) is 4.79 Å². The first kappa shape index (κ1) is 14.6. The summed E-state index contributed by atoms with van der Waals surface area (Å²) in [6.07, 6.45) is 8.10. The van der Waals surface area contributed by atoms with E-state index in [-0.39, 0.29) is 5.97 Å². The fourth-order valence-corrected chi connectivity index (χ4v) is 2.85. The van der Waals surface area contributed by atoms with Crippen LogP contribution in [0.2, 0.25) is 0 Å². The van der Waals surface area contributed by atoms with Crippen molar-refractivity contribution in [2.24, 2.45) is 0 Å². The van der Waals surface area contributed by atoms with Crippen LogP contribution in [0.4, 0.5) is 0 Å². The van der Waals surface area contributed by atoms with Gasteiger partial charge in [-0.15, -0.1) is 0 Å². The molecular formula is C18H20N2O2. The van der Waals surface area contributed by atoms with Crippen molar-refractivity contribution >= 4 is 11.5 Å². The van der Waals surface area contributed by atoms with Crippen LogP contribution in [0.3, 0.4) is 0 Å². The predicted molar refractivity (Wildman–Crippen MR) is 85.5 cm³/mol. The van der Waals surface area contributed by atoms with E-state index in [1.54, 1.807) is 13.1 Å². The lowest BCUT2D eigenvalue weighted by Gasteiger charge is -2.22. The van der Waals surface area contributed by atoms with E-state index in [2.05, 4.69) is 22.5 Å². The number of allylic oxidation sites excluding steroid dienone is 2. The molecule has 0 N–H and O–H groups in total. The highest BCUT2D eigenvalue weighted by molar-refractivity contribution is 5.75. The Morgan fingerprint density at radius 3 is 2.95 bits per heavy atom. The van der Waals surface area contributed by atoms with Gasteiger partial charge in [-0.05, 0) is 54.2 Å². The topological polar surface area (TPSA) is 44.1 Å². The van der Waals surface area contributed by atoms with Crippen molar-refractivity contribution in [1.29, 1.82) is 0 Å². The van der Waals surface area contributed by atoms with Gasteiger partial charge in [-0.25, -0.2) is 4.98 Å². The Morgan fingerprint density at radius 2 is 2.23 bits per heavy atom. The van der Waals surface area contributed by atoms with Gasteiger partial charge in [-0.3, -0.25) is 4.79 Å². The van der Waals surface area contributed by atoms with Gasteiger partial charge in [0.1, 0.15) is 5.75 Å². The summed E-state index contributed by atoms with van der Waals surface area (Å²) in [6.45, 7) is 4.81. The molecule has 0 spiro atoms. The Balaban J connectivity index is 1.89. The SMILES string of the molecule is CCC(=O)Oc1ccc2c(c1)C(C)=C(Cn1ccnc1)CC2. The summed E-state index contributed by atoms with van der Waals surface area (Å²) < 4.78 is 7.43. The number of hydrogen-bond acceptors (Lipinski definition) is 3. The third-order valence-electron chi connectivity index (χ3n) is 4.16. The predicted octanol–water partition coefficient (Wildman–Crippen LogP) is 3.62. The van der Waals surface area contributed by atoms with Crippen LogP contribution >= 0.6 is 0 Å². The highest BCUT2D eigenvalue weighted by Gasteiger charge is 2.17. The molecule has 0 amide bonds. The molecule has 2 aromatic rings. The van der Waals surface area contributed by atoms with E-state index in [0.29, 0.717) is 12.2 Å². The number of nitrogens with zero attached hydrogens (tertiary/aromatic N) is 2. The summed E-state index contributed by atoms with van der Waals surface area (Å²) in [5, 5.41) is 0. The van der Waals surface area contributed by atoms with E-state index in [1.165, 1.54) is 22.3 Å². The number of aromatic nitrogens is 2. The molecule has 0 saturated heterocycles. The number of esters is 1. The third kappa shape index (κ3) is 2.96. The van der Waals surface area contributed by atoms with Crippen LogP contribution in [0, 0.1) is 0 Å². The lowest BCUT2D eigenvalue weighted by molar-refractivity contribution is -0.134. The molecule has 22 heavy (non-hydrogen) atoms. The number of hydrogen-bond donors (Lipinski definition) is 0. The van der Waals surface area contributed by atoms with Gasteiger partial charge in [0.15, 0.2) is 0 Å². The highest BCUT2D eigenvalue weighted by Crippen LogP contribution is 2.34. The maximum atomic E-state index is 11.5. The molecule has 0 atom stereocenters. The van der Waals surface area contributed by atoms with Crippen LogP contribution < -0.4 is 4.74 Å². The molecule has 1 heterocycles. The Kier molecular flexibility index (Phi) is 4.09. The molecule has 3 rings (SSSR count). The van der Waals surface area contributed by atoms with Gasteiger partial charge < -0.3 is 9.30 Å². The molecule has 4 nitrogen and oxygen atoms in total. The molecule has 1 aromatic heterocycles. The fourth-order valence-electron chi connectivity index (χ4n) is 2.85. The molecule has 1 aliphatic rings. The molecule has 0 bridgehead atoms. The van der Waals surface area contributed by atoms with Crippen LogP contribution in [0.25, 0.3) is 5.57 Å². The molecule has 0 aliphatic heterocycles. The van der Waals surface area contributed by atoms with Crippen LogP contribution in [0.1, 0.15) is 37.8 Å². The Morgan fingerprint density at radius 1 is 1.36 bits per heavy atom. The van der Waals surface area contributed by atoms with Gasteiger partial charge in [0.25, 0.3) is 0 Å². The molecule has 0 saturated carbocycles. The fraction of sp³-hybridized carbons (Fsp3) is 0.333. The van der Waals surface area contributed by atoms with Crippen LogP contribution in [-0.4, -0.2) is 15.5 Å². The lowest BCUT2D eigenvalue weighted by Crippen LogP contribution is -2.10. The standard InChI is InChI=1S/C18H20N2O2/c1-3-18(21)22-16-7-6-14-4-5-15(13(2)17(14)10-16)11-20-9-8-19-12-20/h6-10,12H,3-5,11H2,1-2H3. The van der Waals surface area contributed by atoms with Crippen molar-refractivity contribution in [3.63, 3.8) is 0 Å². The van der Waals surface area contributed by atoms with Gasteiger partial charge in [-0.2, -0.15) is 0 Å². The molecule has 114 valence electrons. The second kappa shape index (κ2) is 6.18. The first-order valence-corrected chi connectivity index (χ1v) is 7.65. The van der Waals surface area contributed by atoms with Gasteiger partial charge in [0, 0.05) is 25.4 Å². The Hall–Kier alpha value is -2.36. The lowest BCUT2D eigenvalue weighted by atomic mass is 9.86. The third-order valence-corrected chi connectivity index (χ3v) is 4.16. The second-order valence-electron chi connectivity index (χ2n) is 5.61. The number of benzene rings is 1. The molecular weight excluding hydrogens is 276 g/mol. The minimum atomic E-state index is -0.198. The molecule has 0 unspecified atom stereocenters. The first-order valence-electron chi connectivity index (χ1n) is 7.65. The van der Waals surface area contributed by atoms with Crippen molar-refractivity contribution in [2.45, 2.75) is 39.7 Å². The van der Waals surface area contributed by atoms with Gasteiger partial charge in [-0.1, -0.05) is 13.0 Å². The molecule has 0 radical (unpaired) electrons. The summed E-state index contributed by atoms with van der Waals surface area (Å²) in [6, 6.07) is 5.96. The van der Waals surface area contributed by atoms with E-state index in [4.69, 9.17) is 4.74 Å². The van der Waals surface area contributed by atoms with Crippen molar-refractivity contribution in [2.75, 3.05) is 0 Å². The maximum Gasteiger partial charge on any atom is 0.310 e. The largest absolute Gasteiger partial charge is 0.427 e. The van der Waals surface area contributed by atoms with Gasteiger partial charge in [0.05, 0.1) is 6.33 Å². The zero-order valence-electron chi connectivity index (χ0n) is 13.0. The minimum absolute atomic E-state index is 0.198.